The highest BCUT2D eigenvalue weighted by Gasteiger charge is 2.29. The molecule has 2 amide bonds. The van der Waals surface area contributed by atoms with Crippen LogP contribution in [-0.4, -0.2) is 35.4 Å². The highest BCUT2D eigenvalue weighted by atomic mass is 19.1. The molecule has 0 heterocycles. The average Bonchev–Trinajstić information content (AvgIpc) is 3.29. The van der Waals surface area contributed by atoms with E-state index >= 15 is 0 Å². The van der Waals surface area contributed by atoms with E-state index in [1.807, 2.05) is 24.3 Å². The number of nitrogens with zero attached hydrogens (tertiary/aromatic N) is 1. The molecule has 1 atom stereocenters. The molecule has 1 saturated carbocycles. The Morgan fingerprint density at radius 3 is 2.39 bits per heavy atom. The van der Waals surface area contributed by atoms with Crippen molar-refractivity contribution >= 4 is 11.8 Å². The van der Waals surface area contributed by atoms with Crippen molar-refractivity contribution in [3.63, 3.8) is 0 Å². The van der Waals surface area contributed by atoms with E-state index in [-0.39, 0.29) is 36.4 Å². The van der Waals surface area contributed by atoms with Gasteiger partial charge < -0.3 is 15.0 Å². The number of hydrogen-bond acceptors (Lipinski definition) is 3. The summed E-state index contributed by atoms with van der Waals surface area (Å²) in [6.07, 6.45) is 4.09. The summed E-state index contributed by atoms with van der Waals surface area (Å²) in [5.41, 5.74) is 1.20. The van der Waals surface area contributed by atoms with Gasteiger partial charge in [-0.15, -0.1) is 0 Å². The molecule has 0 radical (unpaired) electrons. The van der Waals surface area contributed by atoms with Gasteiger partial charge in [-0.1, -0.05) is 70.0 Å². The zero-order chi connectivity index (χ0) is 24.0. The number of ether oxygens (including phenoxy) is 1. The van der Waals surface area contributed by atoms with Crippen LogP contribution in [0.25, 0.3) is 0 Å². The van der Waals surface area contributed by atoms with Crippen LogP contribution < -0.4 is 10.1 Å². The molecule has 0 aromatic heterocycles. The highest BCUT2D eigenvalue weighted by Crippen LogP contribution is 2.31. The molecule has 2 aromatic rings. The van der Waals surface area contributed by atoms with Crippen molar-refractivity contribution < 1.29 is 18.7 Å². The first-order valence-corrected chi connectivity index (χ1v) is 11.7. The van der Waals surface area contributed by atoms with Crippen molar-refractivity contribution in [2.24, 2.45) is 0 Å². The van der Waals surface area contributed by atoms with Gasteiger partial charge in [-0.25, -0.2) is 4.39 Å². The molecule has 6 heteroatoms. The number of carbonyl (C=O) groups is 2. The van der Waals surface area contributed by atoms with Crippen molar-refractivity contribution in [1.29, 1.82) is 0 Å². The smallest absolute Gasteiger partial charge is 0.261 e. The number of carbonyl (C=O) groups excluding carboxylic acids is 2. The standard InChI is InChI=1S/C27H35FN2O3/c1-19(26(32)29-21-12-6-7-13-21)30(17-20-11-5-9-15-23(20)28)25(31)18-33-24-16-10-8-14-22(24)27(2,3)4/h5,8-11,14-16,19,21H,6-7,12-13,17-18H2,1-4H3,(H,29,32). The third-order valence-corrected chi connectivity index (χ3v) is 6.21. The number of benzene rings is 2. The number of nitrogens with one attached hydrogen (secondary N) is 1. The van der Waals surface area contributed by atoms with Crippen LogP contribution in [0.4, 0.5) is 4.39 Å². The average molecular weight is 455 g/mol. The van der Waals surface area contributed by atoms with Crippen LogP contribution in [0.2, 0.25) is 0 Å². The van der Waals surface area contributed by atoms with Gasteiger partial charge in [0.1, 0.15) is 17.6 Å². The summed E-state index contributed by atoms with van der Waals surface area (Å²) in [6.45, 7) is 7.69. The zero-order valence-electron chi connectivity index (χ0n) is 20.1. The molecule has 0 saturated heterocycles. The van der Waals surface area contributed by atoms with Crippen molar-refractivity contribution in [2.45, 2.75) is 77.4 Å². The Kier molecular flexibility index (Phi) is 8.11. The van der Waals surface area contributed by atoms with Crippen molar-refractivity contribution in [2.75, 3.05) is 6.61 Å². The molecule has 1 fully saturated rings. The molecular formula is C27H35FN2O3. The van der Waals surface area contributed by atoms with E-state index in [9.17, 15) is 14.0 Å². The molecule has 0 bridgehead atoms. The Bertz CT molecular complexity index is 964. The van der Waals surface area contributed by atoms with Crippen molar-refractivity contribution in [3.8, 4) is 5.75 Å². The van der Waals surface area contributed by atoms with Gasteiger partial charge in [0.05, 0.1) is 0 Å². The SMILES string of the molecule is CC(C(=O)NC1CCCC1)N(Cc1ccccc1F)C(=O)COc1ccccc1C(C)(C)C. The van der Waals surface area contributed by atoms with Crippen molar-refractivity contribution in [1.82, 2.24) is 10.2 Å². The summed E-state index contributed by atoms with van der Waals surface area (Å²) in [4.78, 5) is 27.6. The summed E-state index contributed by atoms with van der Waals surface area (Å²) in [5.74, 6) is -0.359. The third kappa shape index (κ3) is 6.56. The lowest BCUT2D eigenvalue weighted by Crippen LogP contribution is -2.50. The second-order valence-electron chi connectivity index (χ2n) is 9.81. The number of amides is 2. The van der Waals surface area contributed by atoms with Crippen LogP contribution in [0.5, 0.6) is 5.75 Å². The summed E-state index contributed by atoms with van der Waals surface area (Å²) in [7, 11) is 0. The fourth-order valence-electron chi connectivity index (χ4n) is 4.22. The summed E-state index contributed by atoms with van der Waals surface area (Å²) < 4.78 is 20.3. The van der Waals surface area contributed by atoms with Gasteiger partial charge in [-0.05, 0) is 42.9 Å². The normalized spacial score (nSPS) is 15.2. The van der Waals surface area contributed by atoms with E-state index < -0.39 is 11.9 Å². The minimum atomic E-state index is -0.751. The molecule has 1 aliphatic carbocycles. The van der Waals surface area contributed by atoms with E-state index in [0.717, 1.165) is 31.2 Å². The highest BCUT2D eigenvalue weighted by molar-refractivity contribution is 5.88. The van der Waals surface area contributed by atoms with Gasteiger partial charge in [-0.2, -0.15) is 0 Å². The van der Waals surface area contributed by atoms with Crippen LogP contribution in [0.15, 0.2) is 48.5 Å². The minimum Gasteiger partial charge on any atom is -0.483 e. The van der Waals surface area contributed by atoms with Gasteiger partial charge in [0, 0.05) is 18.2 Å². The number of para-hydroxylation sites is 1. The fraction of sp³-hybridized carbons (Fsp3) is 0.481. The van der Waals surface area contributed by atoms with E-state index in [0.29, 0.717) is 11.3 Å². The molecule has 1 N–H and O–H groups in total. The maximum absolute atomic E-state index is 14.4. The summed E-state index contributed by atoms with van der Waals surface area (Å²) >= 11 is 0. The van der Waals surface area contributed by atoms with E-state index in [1.54, 1.807) is 25.1 Å². The van der Waals surface area contributed by atoms with Crippen LogP contribution >= 0.6 is 0 Å². The lowest BCUT2D eigenvalue weighted by molar-refractivity contribution is -0.142. The first kappa shape index (κ1) is 24.7. The minimum absolute atomic E-state index is 0.00492. The largest absolute Gasteiger partial charge is 0.483 e. The fourth-order valence-corrected chi connectivity index (χ4v) is 4.22. The first-order valence-electron chi connectivity index (χ1n) is 11.7. The molecule has 1 aliphatic rings. The van der Waals surface area contributed by atoms with E-state index in [2.05, 4.69) is 26.1 Å². The monoisotopic (exact) mass is 454 g/mol. The second-order valence-corrected chi connectivity index (χ2v) is 9.81. The number of rotatable bonds is 8. The van der Waals surface area contributed by atoms with E-state index in [4.69, 9.17) is 4.74 Å². The Balaban J connectivity index is 1.77. The topological polar surface area (TPSA) is 58.6 Å². The number of halogens is 1. The molecule has 0 aliphatic heterocycles. The summed E-state index contributed by atoms with van der Waals surface area (Å²) in [6, 6.07) is 13.3. The molecule has 33 heavy (non-hydrogen) atoms. The Morgan fingerprint density at radius 1 is 1.09 bits per heavy atom. The van der Waals surface area contributed by atoms with Gasteiger partial charge in [0.15, 0.2) is 6.61 Å². The molecule has 1 unspecified atom stereocenters. The number of hydrogen-bond donors (Lipinski definition) is 1. The second kappa shape index (κ2) is 10.8. The molecule has 5 nitrogen and oxygen atoms in total. The molecule has 2 aromatic carbocycles. The zero-order valence-corrected chi connectivity index (χ0v) is 20.1. The van der Waals surface area contributed by atoms with E-state index in [1.165, 1.54) is 11.0 Å². The molecule has 0 spiro atoms. The van der Waals surface area contributed by atoms with Crippen LogP contribution in [-0.2, 0) is 21.5 Å². The van der Waals surface area contributed by atoms with Gasteiger partial charge in [0.25, 0.3) is 5.91 Å². The molecular weight excluding hydrogens is 419 g/mol. The lowest BCUT2D eigenvalue weighted by atomic mass is 9.86. The molecule has 178 valence electrons. The summed E-state index contributed by atoms with van der Waals surface area (Å²) in [5, 5.41) is 3.05. The van der Waals surface area contributed by atoms with Gasteiger partial charge >= 0.3 is 0 Å². The third-order valence-electron chi connectivity index (χ3n) is 6.21. The maximum Gasteiger partial charge on any atom is 0.261 e. The van der Waals surface area contributed by atoms with Gasteiger partial charge in [-0.3, -0.25) is 9.59 Å². The first-order chi connectivity index (χ1) is 15.7. The Labute approximate surface area is 196 Å². The molecule has 3 rings (SSSR count). The Morgan fingerprint density at radius 2 is 1.73 bits per heavy atom. The quantitative estimate of drug-likeness (QED) is 0.612. The van der Waals surface area contributed by atoms with Crippen LogP contribution in [0, 0.1) is 5.82 Å². The van der Waals surface area contributed by atoms with Crippen LogP contribution in [0.1, 0.15) is 64.5 Å². The Hall–Kier alpha value is -2.89. The van der Waals surface area contributed by atoms with Crippen LogP contribution in [0.3, 0.4) is 0 Å². The maximum atomic E-state index is 14.4. The van der Waals surface area contributed by atoms with Gasteiger partial charge in [0.2, 0.25) is 5.91 Å². The van der Waals surface area contributed by atoms with Crippen molar-refractivity contribution in [3.05, 3.63) is 65.5 Å². The predicted molar refractivity (Wildman–Crippen MR) is 127 cm³/mol. The predicted octanol–water partition coefficient (Wildman–Crippen LogP) is 4.98. The lowest BCUT2D eigenvalue weighted by Gasteiger charge is -2.30.